The van der Waals surface area contributed by atoms with Gasteiger partial charge in [0.2, 0.25) is 0 Å². The van der Waals surface area contributed by atoms with E-state index in [-0.39, 0.29) is 5.41 Å². The summed E-state index contributed by atoms with van der Waals surface area (Å²) in [5, 5.41) is 3.27. The molecule has 2 rings (SSSR count). The highest BCUT2D eigenvalue weighted by Gasteiger charge is 2.40. The van der Waals surface area contributed by atoms with Gasteiger partial charge in [0.25, 0.3) is 0 Å². The van der Waals surface area contributed by atoms with Crippen LogP contribution in [0, 0.1) is 13.8 Å². The highest BCUT2D eigenvalue weighted by molar-refractivity contribution is 5.46. The molecule has 3 nitrogen and oxygen atoms in total. The summed E-state index contributed by atoms with van der Waals surface area (Å²) in [4.78, 5) is 0. The molecule has 0 saturated carbocycles. The largest absolute Gasteiger partial charge is 0.496 e. The maximum Gasteiger partial charge on any atom is 0.122 e. The van der Waals surface area contributed by atoms with Crippen molar-refractivity contribution in [3.05, 3.63) is 28.8 Å². The van der Waals surface area contributed by atoms with Gasteiger partial charge in [0.1, 0.15) is 5.75 Å². The number of ether oxygens (including phenoxy) is 2. The van der Waals surface area contributed by atoms with Gasteiger partial charge in [-0.3, -0.25) is 0 Å². The van der Waals surface area contributed by atoms with Crippen LogP contribution in [0.25, 0.3) is 0 Å². The number of benzene rings is 1. The van der Waals surface area contributed by atoms with Gasteiger partial charge >= 0.3 is 0 Å². The third-order valence-corrected chi connectivity index (χ3v) is 3.59. The van der Waals surface area contributed by atoms with Gasteiger partial charge in [0, 0.05) is 6.54 Å². The summed E-state index contributed by atoms with van der Waals surface area (Å²) in [6.45, 7) is 6.81. The van der Waals surface area contributed by atoms with Gasteiger partial charge < -0.3 is 14.8 Å². The predicted molar refractivity (Wildman–Crippen MR) is 68.9 cm³/mol. The molecule has 0 aromatic heterocycles. The van der Waals surface area contributed by atoms with Gasteiger partial charge in [0.15, 0.2) is 0 Å². The number of aryl methyl sites for hydroxylation is 2. The third-order valence-electron chi connectivity index (χ3n) is 3.59. The molecule has 3 heteroatoms. The Morgan fingerprint density at radius 3 is 2.47 bits per heavy atom. The van der Waals surface area contributed by atoms with E-state index in [1.165, 1.54) is 16.7 Å². The van der Waals surface area contributed by atoms with E-state index < -0.39 is 0 Å². The van der Waals surface area contributed by atoms with Crippen molar-refractivity contribution in [2.75, 3.05) is 33.9 Å². The first-order valence-corrected chi connectivity index (χ1v) is 6.01. The topological polar surface area (TPSA) is 30.5 Å². The summed E-state index contributed by atoms with van der Waals surface area (Å²) >= 11 is 0. The van der Waals surface area contributed by atoms with Gasteiger partial charge in [-0.25, -0.2) is 0 Å². The Bertz CT molecular complexity index is 411. The molecule has 0 radical (unpaired) electrons. The minimum atomic E-state index is 0.149. The molecule has 1 aliphatic rings. The average molecular weight is 235 g/mol. The van der Waals surface area contributed by atoms with Crippen molar-refractivity contribution in [2.24, 2.45) is 0 Å². The van der Waals surface area contributed by atoms with E-state index in [4.69, 9.17) is 9.47 Å². The lowest BCUT2D eigenvalue weighted by molar-refractivity contribution is -0.0585. The van der Waals surface area contributed by atoms with Gasteiger partial charge in [-0.1, -0.05) is 6.07 Å². The normalized spacial score (nSPS) is 17.6. The van der Waals surface area contributed by atoms with Crippen LogP contribution in [-0.2, 0) is 10.2 Å². The van der Waals surface area contributed by atoms with Crippen LogP contribution in [0.15, 0.2) is 12.1 Å². The lowest BCUT2D eigenvalue weighted by atomic mass is 9.76. The molecule has 0 spiro atoms. The molecule has 1 fully saturated rings. The van der Waals surface area contributed by atoms with E-state index in [0.29, 0.717) is 0 Å². The minimum Gasteiger partial charge on any atom is -0.496 e. The quantitative estimate of drug-likeness (QED) is 0.863. The summed E-state index contributed by atoms with van der Waals surface area (Å²) < 4.78 is 10.8. The number of likely N-dealkylation sites (N-methyl/N-ethyl adjacent to an activating group) is 1. The Kier molecular flexibility index (Phi) is 3.40. The second-order valence-corrected chi connectivity index (χ2v) is 4.94. The maximum atomic E-state index is 5.43. The maximum absolute atomic E-state index is 5.43. The first-order valence-electron chi connectivity index (χ1n) is 6.01. The number of hydrogen-bond donors (Lipinski definition) is 1. The van der Waals surface area contributed by atoms with Gasteiger partial charge in [-0.15, -0.1) is 0 Å². The van der Waals surface area contributed by atoms with Crippen LogP contribution in [0.5, 0.6) is 5.75 Å². The van der Waals surface area contributed by atoms with Crippen LogP contribution in [-0.4, -0.2) is 33.9 Å². The van der Waals surface area contributed by atoms with Gasteiger partial charge in [-0.2, -0.15) is 0 Å². The highest BCUT2D eigenvalue weighted by Crippen LogP contribution is 2.36. The van der Waals surface area contributed by atoms with Crippen LogP contribution in [0.3, 0.4) is 0 Å². The molecule has 1 aliphatic heterocycles. The molecule has 1 aromatic carbocycles. The molecular formula is C14H21NO2. The SMILES string of the molecule is CNCC1(c2cc(C)c(OC)cc2C)COC1. The van der Waals surface area contributed by atoms with E-state index in [2.05, 4.69) is 31.3 Å². The predicted octanol–water partition coefficient (Wildman–Crippen LogP) is 1.80. The van der Waals surface area contributed by atoms with Crippen LogP contribution in [0.4, 0.5) is 0 Å². The molecular weight excluding hydrogens is 214 g/mol. The van der Waals surface area contributed by atoms with Crippen molar-refractivity contribution in [3.8, 4) is 5.75 Å². The number of nitrogens with one attached hydrogen (secondary N) is 1. The zero-order valence-electron chi connectivity index (χ0n) is 11.1. The summed E-state index contributed by atoms with van der Waals surface area (Å²) in [7, 11) is 3.71. The molecule has 0 amide bonds. The Labute approximate surface area is 103 Å². The zero-order chi connectivity index (χ0) is 12.5. The zero-order valence-corrected chi connectivity index (χ0v) is 11.1. The van der Waals surface area contributed by atoms with E-state index in [0.717, 1.165) is 25.5 Å². The fourth-order valence-electron chi connectivity index (χ4n) is 2.62. The van der Waals surface area contributed by atoms with E-state index in [1.807, 2.05) is 7.05 Å². The Morgan fingerprint density at radius 2 is 2.00 bits per heavy atom. The first-order chi connectivity index (χ1) is 8.13. The molecule has 1 heterocycles. The Morgan fingerprint density at radius 1 is 1.29 bits per heavy atom. The van der Waals surface area contributed by atoms with Crippen LogP contribution in [0.2, 0.25) is 0 Å². The van der Waals surface area contributed by atoms with E-state index in [1.54, 1.807) is 7.11 Å². The van der Waals surface area contributed by atoms with Crippen molar-refractivity contribution >= 4 is 0 Å². The highest BCUT2D eigenvalue weighted by atomic mass is 16.5. The van der Waals surface area contributed by atoms with Crippen LogP contribution < -0.4 is 10.1 Å². The van der Waals surface area contributed by atoms with Crippen molar-refractivity contribution < 1.29 is 9.47 Å². The summed E-state index contributed by atoms with van der Waals surface area (Å²) in [6.07, 6.45) is 0. The van der Waals surface area contributed by atoms with Crippen molar-refractivity contribution in [1.29, 1.82) is 0 Å². The molecule has 0 unspecified atom stereocenters. The smallest absolute Gasteiger partial charge is 0.122 e. The first kappa shape index (κ1) is 12.4. The molecule has 1 saturated heterocycles. The van der Waals surface area contributed by atoms with E-state index >= 15 is 0 Å². The Balaban J connectivity index is 2.41. The summed E-state index contributed by atoms with van der Waals surface area (Å²) in [5.41, 5.74) is 4.01. The fraction of sp³-hybridized carbons (Fsp3) is 0.571. The lowest BCUT2D eigenvalue weighted by Gasteiger charge is -2.43. The fourth-order valence-corrected chi connectivity index (χ4v) is 2.62. The average Bonchev–Trinajstić information content (AvgIpc) is 2.26. The monoisotopic (exact) mass is 235 g/mol. The second-order valence-electron chi connectivity index (χ2n) is 4.94. The molecule has 17 heavy (non-hydrogen) atoms. The third kappa shape index (κ3) is 2.05. The Hall–Kier alpha value is -1.06. The van der Waals surface area contributed by atoms with Gasteiger partial charge in [-0.05, 0) is 43.7 Å². The summed E-state index contributed by atoms with van der Waals surface area (Å²) in [5.74, 6) is 0.964. The van der Waals surface area contributed by atoms with Crippen molar-refractivity contribution in [2.45, 2.75) is 19.3 Å². The van der Waals surface area contributed by atoms with Crippen LogP contribution in [0.1, 0.15) is 16.7 Å². The van der Waals surface area contributed by atoms with Gasteiger partial charge in [0.05, 0.1) is 25.7 Å². The van der Waals surface area contributed by atoms with Crippen molar-refractivity contribution in [3.63, 3.8) is 0 Å². The van der Waals surface area contributed by atoms with E-state index in [9.17, 15) is 0 Å². The lowest BCUT2D eigenvalue weighted by Crippen LogP contribution is -2.53. The number of methoxy groups -OCH3 is 1. The molecule has 0 atom stereocenters. The van der Waals surface area contributed by atoms with Crippen molar-refractivity contribution in [1.82, 2.24) is 5.32 Å². The molecule has 0 bridgehead atoms. The summed E-state index contributed by atoms with van der Waals surface area (Å²) in [6, 6.07) is 4.37. The molecule has 1 N–H and O–H groups in total. The second kappa shape index (κ2) is 4.67. The number of hydrogen-bond acceptors (Lipinski definition) is 3. The standard InChI is InChI=1S/C14H21NO2/c1-10-6-13(16-4)11(2)5-12(10)14(7-15-3)8-17-9-14/h5-6,15H,7-9H2,1-4H3. The number of rotatable bonds is 4. The molecule has 1 aromatic rings. The van der Waals surface area contributed by atoms with Crippen LogP contribution >= 0.6 is 0 Å². The molecule has 94 valence electrons. The molecule has 0 aliphatic carbocycles. The minimum absolute atomic E-state index is 0.149.